The summed E-state index contributed by atoms with van der Waals surface area (Å²) < 4.78 is 23.0. The van der Waals surface area contributed by atoms with Gasteiger partial charge in [0.25, 0.3) is 0 Å². The summed E-state index contributed by atoms with van der Waals surface area (Å²) in [7, 11) is 0. The smallest absolute Gasteiger partial charge is 0.159 e. The molecule has 0 aliphatic heterocycles. The number of nitrogens with zero attached hydrogens (tertiary/aromatic N) is 2. The van der Waals surface area contributed by atoms with Gasteiger partial charge in [-0.05, 0) is 30.7 Å². The molecular formula is C20H27FN2O2. The molecule has 0 atom stereocenters. The number of rotatable bonds is 12. The van der Waals surface area contributed by atoms with Crippen LogP contribution in [0.5, 0.6) is 11.5 Å². The second kappa shape index (κ2) is 11.4. The highest BCUT2D eigenvalue weighted by Crippen LogP contribution is 2.20. The van der Waals surface area contributed by atoms with Gasteiger partial charge in [0.2, 0.25) is 0 Å². The van der Waals surface area contributed by atoms with Gasteiger partial charge in [0.15, 0.2) is 11.6 Å². The molecule has 0 saturated heterocycles. The van der Waals surface area contributed by atoms with Crippen LogP contribution in [0.4, 0.5) is 4.39 Å². The van der Waals surface area contributed by atoms with E-state index in [1.54, 1.807) is 24.5 Å². The van der Waals surface area contributed by atoms with E-state index in [9.17, 15) is 4.39 Å². The minimum Gasteiger partial charge on any atom is -0.491 e. The molecule has 1 aromatic carbocycles. The third kappa shape index (κ3) is 7.08. The minimum absolute atomic E-state index is 0.0699. The summed E-state index contributed by atoms with van der Waals surface area (Å²) >= 11 is 0. The fourth-order valence-corrected chi connectivity index (χ4v) is 2.47. The van der Waals surface area contributed by atoms with Gasteiger partial charge in [0.1, 0.15) is 19.0 Å². The summed E-state index contributed by atoms with van der Waals surface area (Å²) in [6.07, 6.45) is 10.8. The highest BCUT2D eigenvalue weighted by Gasteiger charge is 2.03. The molecule has 1 aromatic heterocycles. The van der Waals surface area contributed by atoms with E-state index in [0.29, 0.717) is 23.9 Å². The minimum atomic E-state index is -0.495. The largest absolute Gasteiger partial charge is 0.491 e. The predicted molar refractivity (Wildman–Crippen MR) is 97.8 cm³/mol. The third-order valence-electron chi connectivity index (χ3n) is 3.85. The summed E-state index contributed by atoms with van der Waals surface area (Å²) in [5.41, 5.74) is 0.884. The zero-order chi connectivity index (χ0) is 17.7. The van der Waals surface area contributed by atoms with Crippen molar-refractivity contribution in [3.05, 3.63) is 36.7 Å². The lowest BCUT2D eigenvalue weighted by Gasteiger charge is -2.07. The molecule has 4 nitrogen and oxygen atoms in total. The monoisotopic (exact) mass is 346 g/mol. The van der Waals surface area contributed by atoms with Crippen molar-refractivity contribution in [2.45, 2.75) is 45.4 Å². The van der Waals surface area contributed by atoms with Crippen LogP contribution in [0.3, 0.4) is 0 Å². The quantitative estimate of drug-likeness (QED) is 0.494. The molecule has 25 heavy (non-hydrogen) atoms. The van der Waals surface area contributed by atoms with Crippen molar-refractivity contribution in [2.75, 3.05) is 19.9 Å². The predicted octanol–water partition coefficient (Wildman–Crippen LogP) is 5.23. The SMILES string of the molecule is CCCCCCCCOc1cnc(-c2ccc(OCCF)cc2)nc1. The third-order valence-corrected chi connectivity index (χ3v) is 3.85. The Labute approximate surface area is 149 Å². The van der Waals surface area contributed by atoms with Crippen molar-refractivity contribution in [3.8, 4) is 22.9 Å². The van der Waals surface area contributed by atoms with E-state index in [1.165, 1.54) is 32.1 Å². The summed E-state index contributed by atoms with van der Waals surface area (Å²) in [6, 6.07) is 7.30. The molecule has 0 bridgehead atoms. The van der Waals surface area contributed by atoms with Gasteiger partial charge in [0.05, 0.1) is 19.0 Å². The lowest BCUT2D eigenvalue weighted by molar-refractivity contribution is 0.273. The molecule has 0 saturated carbocycles. The van der Waals surface area contributed by atoms with Crippen LogP contribution in [0.1, 0.15) is 45.4 Å². The fraction of sp³-hybridized carbons (Fsp3) is 0.500. The van der Waals surface area contributed by atoms with E-state index in [4.69, 9.17) is 9.47 Å². The molecule has 0 fully saturated rings. The Morgan fingerprint density at radius 2 is 1.44 bits per heavy atom. The Morgan fingerprint density at radius 3 is 2.12 bits per heavy atom. The van der Waals surface area contributed by atoms with Gasteiger partial charge in [-0.25, -0.2) is 14.4 Å². The first kappa shape index (κ1) is 19.2. The van der Waals surface area contributed by atoms with E-state index in [1.807, 2.05) is 12.1 Å². The number of ether oxygens (including phenoxy) is 2. The summed E-state index contributed by atoms with van der Waals surface area (Å²) in [6.45, 7) is 2.50. The molecule has 0 aliphatic carbocycles. The van der Waals surface area contributed by atoms with Gasteiger partial charge < -0.3 is 9.47 Å². The molecule has 0 radical (unpaired) electrons. The van der Waals surface area contributed by atoms with E-state index in [2.05, 4.69) is 16.9 Å². The average molecular weight is 346 g/mol. The number of hydrogen-bond acceptors (Lipinski definition) is 4. The van der Waals surface area contributed by atoms with Crippen molar-refractivity contribution in [3.63, 3.8) is 0 Å². The Bertz CT molecular complexity index is 588. The second-order valence-corrected chi connectivity index (χ2v) is 5.92. The van der Waals surface area contributed by atoms with Crippen LogP contribution in [0.25, 0.3) is 11.4 Å². The van der Waals surface area contributed by atoms with E-state index >= 15 is 0 Å². The van der Waals surface area contributed by atoms with Crippen molar-refractivity contribution < 1.29 is 13.9 Å². The number of unbranched alkanes of at least 4 members (excludes halogenated alkanes) is 5. The van der Waals surface area contributed by atoms with E-state index < -0.39 is 6.67 Å². The number of aromatic nitrogens is 2. The molecular weight excluding hydrogens is 319 g/mol. The molecule has 0 aliphatic rings. The number of benzene rings is 1. The molecule has 5 heteroatoms. The van der Waals surface area contributed by atoms with Crippen LogP contribution >= 0.6 is 0 Å². The highest BCUT2D eigenvalue weighted by atomic mass is 19.1. The maximum absolute atomic E-state index is 12.1. The van der Waals surface area contributed by atoms with Crippen LogP contribution in [0.15, 0.2) is 36.7 Å². The average Bonchev–Trinajstić information content (AvgIpc) is 2.66. The van der Waals surface area contributed by atoms with E-state index in [0.717, 1.165) is 12.0 Å². The maximum Gasteiger partial charge on any atom is 0.159 e. The zero-order valence-electron chi connectivity index (χ0n) is 14.9. The Morgan fingerprint density at radius 1 is 0.800 bits per heavy atom. The van der Waals surface area contributed by atoms with Gasteiger partial charge in [0, 0.05) is 5.56 Å². The van der Waals surface area contributed by atoms with Gasteiger partial charge in [-0.15, -0.1) is 0 Å². The molecule has 0 unspecified atom stereocenters. The van der Waals surface area contributed by atoms with Crippen molar-refractivity contribution >= 4 is 0 Å². The first-order valence-corrected chi connectivity index (χ1v) is 9.07. The summed E-state index contributed by atoms with van der Waals surface area (Å²) in [4.78, 5) is 8.69. The van der Waals surface area contributed by atoms with Crippen LogP contribution in [0.2, 0.25) is 0 Å². The topological polar surface area (TPSA) is 44.2 Å². The van der Waals surface area contributed by atoms with Gasteiger partial charge >= 0.3 is 0 Å². The maximum atomic E-state index is 12.1. The van der Waals surface area contributed by atoms with Crippen molar-refractivity contribution in [2.24, 2.45) is 0 Å². The lowest BCUT2D eigenvalue weighted by atomic mass is 10.1. The van der Waals surface area contributed by atoms with Crippen LogP contribution < -0.4 is 9.47 Å². The summed E-state index contributed by atoms with van der Waals surface area (Å²) in [5.74, 6) is 1.96. The first-order valence-electron chi connectivity index (χ1n) is 9.07. The van der Waals surface area contributed by atoms with E-state index in [-0.39, 0.29) is 6.61 Å². The lowest BCUT2D eigenvalue weighted by Crippen LogP contribution is -1.99. The number of halogens is 1. The standard InChI is InChI=1S/C20H27FN2O2/c1-2-3-4-5-6-7-13-24-19-15-22-20(23-16-19)17-8-10-18(11-9-17)25-14-12-21/h8-11,15-16H,2-7,12-14H2,1H3. The molecule has 1 heterocycles. The van der Waals surface area contributed by atoms with Crippen LogP contribution in [0, 0.1) is 0 Å². The Balaban J connectivity index is 1.75. The highest BCUT2D eigenvalue weighted by molar-refractivity contribution is 5.56. The normalized spacial score (nSPS) is 10.6. The summed E-state index contributed by atoms with van der Waals surface area (Å²) in [5, 5.41) is 0. The van der Waals surface area contributed by atoms with Crippen molar-refractivity contribution in [1.29, 1.82) is 0 Å². The number of hydrogen-bond donors (Lipinski definition) is 0. The Hall–Kier alpha value is -2.17. The van der Waals surface area contributed by atoms with Gasteiger partial charge in [-0.2, -0.15) is 0 Å². The molecule has 0 amide bonds. The number of alkyl halides is 1. The van der Waals surface area contributed by atoms with Gasteiger partial charge in [-0.3, -0.25) is 0 Å². The zero-order valence-corrected chi connectivity index (χ0v) is 14.9. The second-order valence-electron chi connectivity index (χ2n) is 5.92. The molecule has 136 valence electrons. The van der Waals surface area contributed by atoms with Crippen LogP contribution in [-0.2, 0) is 0 Å². The fourth-order valence-electron chi connectivity index (χ4n) is 2.47. The van der Waals surface area contributed by atoms with Crippen LogP contribution in [-0.4, -0.2) is 29.9 Å². The molecule has 2 aromatic rings. The van der Waals surface area contributed by atoms with Crippen molar-refractivity contribution in [1.82, 2.24) is 9.97 Å². The Kier molecular flexibility index (Phi) is 8.73. The molecule has 0 spiro atoms. The van der Waals surface area contributed by atoms with Gasteiger partial charge in [-0.1, -0.05) is 39.0 Å². The first-order chi connectivity index (χ1) is 12.3. The molecule has 2 rings (SSSR count). The molecule has 0 N–H and O–H groups in total.